The number of phenols is 1. The van der Waals surface area contributed by atoms with E-state index in [1.165, 1.54) is 6.07 Å². The van der Waals surface area contributed by atoms with E-state index in [-0.39, 0.29) is 28.1 Å². The van der Waals surface area contributed by atoms with Crippen LogP contribution in [-0.4, -0.2) is 68.1 Å². The van der Waals surface area contributed by atoms with Crippen LogP contribution in [0.4, 0.5) is 0 Å². The van der Waals surface area contributed by atoms with Gasteiger partial charge in [0.25, 0.3) is 0 Å². The highest BCUT2D eigenvalue weighted by atomic mass is 35.5. The second-order valence-electron chi connectivity index (χ2n) is 4.43. The summed E-state index contributed by atoms with van der Waals surface area (Å²) in [6, 6.07) is 5.03. The number of fused-ring (bicyclic) bond motifs is 1. The molecule has 0 spiro atoms. The van der Waals surface area contributed by atoms with E-state index < -0.39 is 25.4 Å². The highest BCUT2D eigenvalue weighted by Gasteiger charge is 2.20. The molecule has 0 radical (unpaired) electrons. The number of aromatic hydroxyl groups is 1. The van der Waals surface area contributed by atoms with Crippen LogP contribution >= 0.6 is 23.2 Å². The van der Waals surface area contributed by atoms with Gasteiger partial charge in [-0.15, -0.1) is 0 Å². The van der Waals surface area contributed by atoms with Crippen molar-refractivity contribution < 1.29 is 20.4 Å². The lowest BCUT2D eigenvalue weighted by Gasteiger charge is -2.20. The number of phenolic OH excluding ortho intramolecular Hbond substituents is 1. The van der Waals surface area contributed by atoms with Crippen LogP contribution in [0.15, 0.2) is 24.4 Å². The monoisotopic (exact) mass is 364 g/mol. The number of nitrogens with two attached hydrogens (primary N) is 1. The molecule has 0 aliphatic heterocycles. The van der Waals surface area contributed by atoms with Crippen molar-refractivity contribution in [3.63, 3.8) is 0 Å². The van der Waals surface area contributed by atoms with Crippen LogP contribution in [0.25, 0.3) is 10.9 Å². The fraction of sp³-hybridized carbons (Fsp3) is 0.308. The zero-order chi connectivity index (χ0) is 16.0. The number of pyridine rings is 1. The van der Waals surface area contributed by atoms with Gasteiger partial charge in [0.05, 0.1) is 35.4 Å². The molecular formula is C13H19AlCl2N2O4. The fourth-order valence-corrected chi connectivity index (χ4v) is 1.82. The summed E-state index contributed by atoms with van der Waals surface area (Å²) in [5.74, 6) is -0.0262. The number of aliphatic hydroxyl groups is 3. The van der Waals surface area contributed by atoms with Gasteiger partial charge in [0, 0.05) is 11.6 Å². The average Bonchev–Trinajstić information content (AvgIpc) is 2.52. The Kier molecular flexibility index (Phi) is 9.24. The summed E-state index contributed by atoms with van der Waals surface area (Å²) < 4.78 is 0. The third-order valence-electron chi connectivity index (χ3n) is 2.71. The predicted molar refractivity (Wildman–Crippen MR) is 91.5 cm³/mol. The number of nitrogens with zero attached hydrogens (tertiary/aromatic N) is 1. The van der Waals surface area contributed by atoms with Gasteiger partial charge in [-0.1, -0.05) is 23.2 Å². The van der Waals surface area contributed by atoms with Crippen molar-refractivity contribution in [3.8, 4) is 5.75 Å². The van der Waals surface area contributed by atoms with E-state index in [0.717, 1.165) is 0 Å². The molecule has 2 rings (SSSR count). The minimum absolute atomic E-state index is 0. The molecule has 6 N–H and O–H groups in total. The van der Waals surface area contributed by atoms with Gasteiger partial charge in [0.2, 0.25) is 0 Å². The number of hydrogen-bond donors (Lipinski definition) is 5. The first-order chi connectivity index (χ1) is 9.88. The molecule has 0 unspecified atom stereocenters. The summed E-state index contributed by atoms with van der Waals surface area (Å²) in [5, 5.41) is 36.0. The maximum atomic E-state index is 9.53. The Morgan fingerprint density at radius 3 is 2.09 bits per heavy atom. The van der Waals surface area contributed by atoms with Crippen molar-refractivity contribution in [3.05, 3.63) is 34.4 Å². The maximum absolute atomic E-state index is 9.53. The number of aromatic nitrogens is 1. The number of hydrogen-bond acceptors (Lipinski definition) is 6. The quantitative estimate of drug-likeness (QED) is 0.478. The average molecular weight is 365 g/mol. The summed E-state index contributed by atoms with van der Waals surface area (Å²) in [7, 11) is 0. The van der Waals surface area contributed by atoms with Gasteiger partial charge in [0.1, 0.15) is 5.52 Å². The molecule has 0 saturated heterocycles. The summed E-state index contributed by atoms with van der Waals surface area (Å²) in [5.41, 5.74) is 4.37. The maximum Gasteiger partial charge on any atom is 0.187 e. The predicted octanol–water partition coefficient (Wildman–Crippen LogP) is -0.276. The lowest BCUT2D eigenvalue weighted by atomic mass is 10.1. The third-order valence-corrected chi connectivity index (χ3v) is 3.31. The zero-order valence-electron chi connectivity index (χ0n) is 11.0. The van der Waals surface area contributed by atoms with Gasteiger partial charge >= 0.3 is 0 Å². The normalized spacial score (nSPS) is 10.6. The molecule has 0 bridgehead atoms. The molecule has 6 nitrogen and oxygen atoms in total. The summed E-state index contributed by atoms with van der Waals surface area (Å²) in [6.45, 7) is -1.21. The second kappa shape index (κ2) is 9.51. The van der Waals surface area contributed by atoms with Crippen molar-refractivity contribution in [1.82, 2.24) is 4.98 Å². The van der Waals surface area contributed by atoms with Gasteiger partial charge in [-0.05, 0) is 18.2 Å². The molecule has 0 saturated carbocycles. The summed E-state index contributed by atoms with van der Waals surface area (Å²) >= 11 is 11.6. The lowest BCUT2D eigenvalue weighted by molar-refractivity contribution is 0.0698. The number of halogens is 2. The Balaban J connectivity index is 0.000000432. The largest absolute Gasteiger partial charge is 0.504 e. The van der Waals surface area contributed by atoms with Crippen molar-refractivity contribution in [2.24, 2.45) is 5.73 Å². The molecule has 1 heterocycles. The van der Waals surface area contributed by atoms with Crippen LogP contribution in [0.5, 0.6) is 5.75 Å². The fourth-order valence-electron chi connectivity index (χ4n) is 1.31. The SMILES string of the molecule is NC(CO)(CO)CO.Oc1c(Cl)cc(Cl)c2cccnc12.[AlH3]. The Morgan fingerprint density at radius 2 is 1.64 bits per heavy atom. The molecular weight excluding hydrogens is 346 g/mol. The molecule has 22 heavy (non-hydrogen) atoms. The molecule has 122 valence electrons. The van der Waals surface area contributed by atoms with Crippen LogP contribution in [0.3, 0.4) is 0 Å². The highest BCUT2D eigenvalue weighted by Crippen LogP contribution is 2.35. The van der Waals surface area contributed by atoms with Crippen LogP contribution in [0.1, 0.15) is 0 Å². The van der Waals surface area contributed by atoms with Crippen LogP contribution in [0.2, 0.25) is 10.0 Å². The Morgan fingerprint density at radius 1 is 1.09 bits per heavy atom. The molecule has 0 atom stereocenters. The zero-order valence-corrected chi connectivity index (χ0v) is 12.5. The van der Waals surface area contributed by atoms with Gasteiger partial charge in [0.15, 0.2) is 23.1 Å². The van der Waals surface area contributed by atoms with Crippen LogP contribution in [-0.2, 0) is 0 Å². The van der Waals surface area contributed by atoms with E-state index in [2.05, 4.69) is 4.98 Å². The van der Waals surface area contributed by atoms with Crippen molar-refractivity contribution in [2.75, 3.05) is 19.8 Å². The Labute approximate surface area is 148 Å². The molecule has 1 aromatic heterocycles. The molecule has 0 aliphatic rings. The topological polar surface area (TPSA) is 120 Å². The van der Waals surface area contributed by atoms with Gasteiger partial charge in [-0.25, -0.2) is 0 Å². The summed E-state index contributed by atoms with van der Waals surface area (Å²) in [4.78, 5) is 3.98. The van der Waals surface area contributed by atoms with Crippen molar-refractivity contribution >= 4 is 51.5 Å². The number of rotatable bonds is 3. The van der Waals surface area contributed by atoms with Crippen molar-refractivity contribution in [1.29, 1.82) is 0 Å². The van der Waals surface area contributed by atoms with E-state index in [1.807, 2.05) is 0 Å². The van der Waals surface area contributed by atoms with E-state index in [0.29, 0.717) is 15.9 Å². The molecule has 1 aromatic carbocycles. The van der Waals surface area contributed by atoms with E-state index in [4.69, 9.17) is 44.3 Å². The first-order valence-electron chi connectivity index (χ1n) is 5.91. The van der Waals surface area contributed by atoms with Gasteiger partial charge < -0.3 is 26.2 Å². The molecule has 9 heteroatoms. The minimum Gasteiger partial charge on any atom is -0.504 e. The second-order valence-corrected chi connectivity index (χ2v) is 5.24. The molecule has 0 amide bonds. The molecule has 0 fully saturated rings. The van der Waals surface area contributed by atoms with E-state index >= 15 is 0 Å². The number of benzene rings is 1. The van der Waals surface area contributed by atoms with Crippen LogP contribution < -0.4 is 5.73 Å². The van der Waals surface area contributed by atoms with Gasteiger partial charge in [-0.2, -0.15) is 0 Å². The smallest absolute Gasteiger partial charge is 0.187 e. The van der Waals surface area contributed by atoms with Crippen molar-refractivity contribution in [2.45, 2.75) is 5.54 Å². The van der Waals surface area contributed by atoms with E-state index in [1.54, 1.807) is 18.3 Å². The molecule has 0 aliphatic carbocycles. The Bertz CT molecular complexity index is 604. The number of aliphatic hydroxyl groups excluding tert-OH is 3. The lowest BCUT2D eigenvalue weighted by Crippen LogP contribution is -2.50. The summed E-state index contributed by atoms with van der Waals surface area (Å²) in [6.07, 6.45) is 1.58. The van der Waals surface area contributed by atoms with E-state index in [9.17, 15) is 5.11 Å². The molecule has 2 aromatic rings. The third kappa shape index (κ3) is 5.23. The van der Waals surface area contributed by atoms with Gasteiger partial charge in [-0.3, -0.25) is 4.98 Å². The first kappa shape index (κ1) is 21.4. The highest BCUT2D eigenvalue weighted by molar-refractivity contribution is 6.39. The standard InChI is InChI=1S/C9H5Cl2NO.C4H11NO3.Al.3H/c10-6-4-7(11)9(13)8-5(6)2-1-3-12-8;5-4(1-6,2-7)3-8;;;;/h1-4,13H;6-8H,1-3,5H2;;;;. The Hall–Kier alpha value is -0.618. The first-order valence-corrected chi connectivity index (χ1v) is 6.67. The minimum atomic E-state index is -1.21. The van der Waals surface area contributed by atoms with Crippen LogP contribution in [0, 0.1) is 0 Å².